The average molecular weight is 330 g/mol. The van der Waals surface area contributed by atoms with Gasteiger partial charge in [0.05, 0.1) is 12.7 Å². The van der Waals surface area contributed by atoms with E-state index in [1.165, 1.54) is 12.1 Å². The van der Waals surface area contributed by atoms with Crippen molar-refractivity contribution in [2.24, 2.45) is 4.99 Å². The van der Waals surface area contributed by atoms with E-state index in [-0.39, 0.29) is 17.7 Å². The van der Waals surface area contributed by atoms with Crippen LogP contribution in [0, 0.1) is 11.2 Å². The summed E-state index contributed by atoms with van der Waals surface area (Å²) in [6.07, 6.45) is 2.72. The molecule has 0 bridgehead atoms. The molecule has 5 nitrogen and oxygen atoms in total. The highest BCUT2D eigenvalue weighted by Gasteiger charge is 2.16. The molecule has 6 heteroatoms. The first-order chi connectivity index (χ1) is 11.7. The Hall–Kier alpha value is -2.57. The number of phenols is 1. The van der Waals surface area contributed by atoms with Gasteiger partial charge in [-0.25, -0.2) is 4.39 Å². The van der Waals surface area contributed by atoms with Gasteiger partial charge in [0.15, 0.2) is 6.34 Å². The average Bonchev–Trinajstić information content (AvgIpc) is 2.59. The Balaban J connectivity index is 2.04. The second-order valence-electron chi connectivity index (χ2n) is 5.20. The third kappa shape index (κ3) is 5.57. The first-order valence-electron chi connectivity index (χ1n) is 7.68. The van der Waals surface area contributed by atoms with Crippen LogP contribution in [0.15, 0.2) is 53.5 Å². The molecule has 4 N–H and O–H groups in total. The third-order valence-electron chi connectivity index (χ3n) is 3.49. The van der Waals surface area contributed by atoms with E-state index in [9.17, 15) is 9.50 Å². The summed E-state index contributed by atoms with van der Waals surface area (Å²) in [5.74, 6) is -0.0992. The van der Waals surface area contributed by atoms with E-state index in [4.69, 9.17) is 10.1 Å². The lowest BCUT2D eigenvalue weighted by atomic mass is 10.0. The predicted molar refractivity (Wildman–Crippen MR) is 91.0 cm³/mol. The fraction of sp³-hybridized carbons (Fsp3) is 0.222. The van der Waals surface area contributed by atoms with E-state index in [1.807, 2.05) is 17.4 Å². The van der Waals surface area contributed by atoms with Crippen molar-refractivity contribution in [3.63, 3.8) is 0 Å². The normalized spacial score (nSPS) is 12.4. The van der Waals surface area contributed by atoms with Crippen molar-refractivity contribution in [1.29, 1.82) is 5.41 Å². The van der Waals surface area contributed by atoms with Crippen LogP contribution < -0.4 is 5.32 Å². The molecule has 2 aromatic carbocycles. The Morgan fingerprint density at radius 2 is 1.96 bits per heavy atom. The Morgan fingerprint density at radius 3 is 2.67 bits per heavy atom. The van der Waals surface area contributed by atoms with Crippen LogP contribution in [0.4, 0.5) is 4.39 Å². The van der Waals surface area contributed by atoms with E-state index in [1.54, 1.807) is 30.6 Å². The van der Waals surface area contributed by atoms with Crippen LogP contribution in [0.3, 0.4) is 0 Å². The molecular weight excluding hydrogens is 309 g/mol. The Labute approximate surface area is 140 Å². The SMILES string of the molecule is N=CN=C[NH2+]CCOC(Cc1ccc(F)cc1)c1ccccc1O. The summed E-state index contributed by atoms with van der Waals surface area (Å²) in [6, 6.07) is 13.3. The van der Waals surface area contributed by atoms with Gasteiger partial charge in [-0.1, -0.05) is 30.3 Å². The van der Waals surface area contributed by atoms with Crippen molar-refractivity contribution in [3.8, 4) is 5.75 Å². The number of para-hydroxylation sites is 1. The number of quaternary nitrogens is 1. The molecule has 0 fully saturated rings. The maximum atomic E-state index is 13.1. The van der Waals surface area contributed by atoms with Gasteiger partial charge in [-0.2, -0.15) is 4.99 Å². The van der Waals surface area contributed by atoms with E-state index in [2.05, 4.69) is 4.99 Å². The van der Waals surface area contributed by atoms with Gasteiger partial charge in [0, 0.05) is 12.0 Å². The van der Waals surface area contributed by atoms with Crippen LogP contribution in [-0.4, -0.2) is 30.9 Å². The summed E-state index contributed by atoms with van der Waals surface area (Å²) >= 11 is 0. The zero-order valence-corrected chi connectivity index (χ0v) is 13.2. The molecule has 0 saturated heterocycles. The van der Waals surface area contributed by atoms with Gasteiger partial charge in [-0.15, -0.1) is 0 Å². The molecule has 0 saturated carbocycles. The summed E-state index contributed by atoms with van der Waals surface area (Å²) in [6.45, 7) is 1.09. The first kappa shape index (κ1) is 17.8. The molecular formula is C18H21FN3O2+. The van der Waals surface area contributed by atoms with Crippen molar-refractivity contribution in [1.82, 2.24) is 0 Å². The molecule has 2 aromatic rings. The number of nitrogens with zero attached hydrogens (tertiary/aromatic N) is 1. The van der Waals surface area contributed by atoms with Crippen LogP contribution in [-0.2, 0) is 11.2 Å². The molecule has 0 amide bonds. The minimum Gasteiger partial charge on any atom is -0.508 e. The molecule has 0 aliphatic rings. The molecule has 0 aromatic heterocycles. The van der Waals surface area contributed by atoms with E-state index in [0.29, 0.717) is 25.1 Å². The third-order valence-corrected chi connectivity index (χ3v) is 3.49. The van der Waals surface area contributed by atoms with Crippen molar-refractivity contribution >= 4 is 12.7 Å². The Morgan fingerprint density at radius 1 is 1.21 bits per heavy atom. The van der Waals surface area contributed by atoms with Crippen LogP contribution in [0.2, 0.25) is 0 Å². The van der Waals surface area contributed by atoms with E-state index < -0.39 is 0 Å². The number of aliphatic imine (C=N–C) groups is 1. The van der Waals surface area contributed by atoms with Crippen LogP contribution in [0.1, 0.15) is 17.2 Å². The quantitative estimate of drug-likeness (QED) is 0.373. The van der Waals surface area contributed by atoms with Crippen molar-refractivity contribution in [2.75, 3.05) is 13.2 Å². The molecule has 0 radical (unpaired) electrons. The van der Waals surface area contributed by atoms with Gasteiger partial charge in [-0.3, -0.25) is 5.41 Å². The second kappa shape index (κ2) is 9.54. The predicted octanol–water partition coefficient (Wildman–Crippen LogP) is 2.03. The molecule has 1 atom stereocenters. The van der Waals surface area contributed by atoms with Gasteiger partial charge < -0.3 is 15.2 Å². The zero-order valence-electron chi connectivity index (χ0n) is 13.2. The highest BCUT2D eigenvalue weighted by molar-refractivity contribution is 5.63. The van der Waals surface area contributed by atoms with Gasteiger partial charge in [0.2, 0.25) is 0 Å². The maximum Gasteiger partial charge on any atom is 0.188 e. The number of aromatic hydroxyl groups is 1. The largest absolute Gasteiger partial charge is 0.508 e. The van der Waals surface area contributed by atoms with Gasteiger partial charge in [0.1, 0.15) is 24.5 Å². The summed E-state index contributed by atoms with van der Waals surface area (Å²) < 4.78 is 19.0. The summed E-state index contributed by atoms with van der Waals surface area (Å²) in [5.41, 5.74) is 1.63. The summed E-state index contributed by atoms with van der Waals surface area (Å²) in [5, 5.41) is 18.7. The first-order valence-corrected chi connectivity index (χ1v) is 7.68. The van der Waals surface area contributed by atoms with Gasteiger partial charge in [-0.05, 0) is 23.8 Å². The molecule has 0 aliphatic carbocycles. The lowest BCUT2D eigenvalue weighted by Gasteiger charge is -2.19. The molecule has 24 heavy (non-hydrogen) atoms. The van der Waals surface area contributed by atoms with Gasteiger partial charge in [0.25, 0.3) is 0 Å². The fourth-order valence-corrected chi connectivity index (χ4v) is 2.31. The molecule has 1 unspecified atom stereocenters. The number of benzene rings is 2. The monoisotopic (exact) mass is 330 g/mol. The molecule has 0 spiro atoms. The number of halogens is 1. The second-order valence-corrected chi connectivity index (χ2v) is 5.20. The lowest BCUT2D eigenvalue weighted by molar-refractivity contribution is -0.533. The molecule has 0 heterocycles. The number of ether oxygens (including phenoxy) is 1. The smallest absolute Gasteiger partial charge is 0.188 e. The highest BCUT2D eigenvalue weighted by Crippen LogP contribution is 2.29. The highest BCUT2D eigenvalue weighted by atomic mass is 19.1. The number of nitrogens with one attached hydrogen (secondary N) is 1. The van der Waals surface area contributed by atoms with Crippen LogP contribution >= 0.6 is 0 Å². The Bertz CT molecular complexity index is 674. The number of hydrogen-bond acceptors (Lipinski definition) is 3. The number of nitrogens with two attached hydrogens (primary N) is 1. The summed E-state index contributed by atoms with van der Waals surface area (Å²) in [4.78, 5) is 3.67. The Kier molecular flexibility index (Phi) is 7.07. The molecule has 0 aliphatic heterocycles. The number of hydrogen-bond donors (Lipinski definition) is 3. The minimum absolute atomic E-state index is 0.180. The van der Waals surface area contributed by atoms with E-state index >= 15 is 0 Å². The maximum absolute atomic E-state index is 13.1. The number of rotatable bonds is 9. The molecule has 2 rings (SSSR count). The fourth-order valence-electron chi connectivity index (χ4n) is 2.31. The van der Waals surface area contributed by atoms with Gasteiger partial charge >= 0.3 is 0 Å². The summed E-state index contributed by atoms with van der Waals surface area (Å²) in [7, 11) is 0. The molecule has 126 valence electrons. The van der Waals surface area contributed by atoms with Crippen molar-refractivity contribution in [3.05, 3.63) is 65.5 Å². The topological polar surface area (TPSA) is 82.3 Å². The van der Waals surface area contributed by atoms with Crippen molar-refractivity contribution in [2.45, 2.75) is 12.5 Å². The van der Waals surface area contributed by atoms with Crippen LogP contribution in [0.5, 0.6) is 5.75 Å². The van der Waals surface area contributed by atoms with E-state index in [0.717, 1.165) is 11.9 Å². The lowest BCUT2D eigenvalue weighted by Crippen LogP contribution is -2.83. The zero-order chi connectivity index (χ0) is 17.2. The number of phenolic OH excluding ortho intramolecular Hbond substituents is 1. The minimum atomic E-state index is -0.329. The van der Waals surface area contributed by atoms with Crippen LogP contribution in [0.25, 0.3) is 0 Å². The van der Waals surface area contributed by atoms with Crippen molar-refractivity contribution < 1.29 is 19.6 Å². The standard InChI is InChI=1S/C18H20FN3O2/c19-15-7-5-14(6-8-15)11-18(16-3-1-2-4-17(16)23)24-10-9-21-13-22-12-20/h1-8,12-13,18,23H,9-11H2,(H2,20,21,22)/p+1.